The molecule has 0 radical (unpaired) electrons. The Balaban J connectivity index is 1.92. The van der Waals surface area contributed by atoms with Crippen LogP contribution in [0.5, 0.6) is 0 Å². The first kappa shape index (κ1) is 12.1. The Morgan fingerprint density at radius 3 is 3.06 bits per heavy atom. The van der Waals surface area contributed by atoms with Crippen LogP contribution in [-0.2, 0) is 11.2 Å². The molecule has 0 aliphatic heterocycles. The molecule has 0 spiro atoms. The van der Waals surface area contributed by atoms with E-state index in [1.807, 2.05) is 0 Å². The Kier molecular flexibility index (Phi) is 4.15. The van der Waals surface area contributed by atoms with Crippen LogP contribution >= 0.6 is 0 Å². The van der Waals surface area contributed by atoms with Gasteiger partial charge in [0.1, 0.15) is 0 Å². The quantitative estimate of drug-likeness (QED) is 0.831. The maximum atomic E-state index is 11.1. The second kappa shape index (κ2) is 5.82. The second-order valence-corrected chi connectivity index (χ2v) is 4.52. The zero-order chi connectivity index (χ0) is 12.1. The first-order chi connectivity index (χ1) is 8.31. The summed E-state index contributed by atoms with van der Waals surface area (Å²) in [5, 5.41) is 6.13. The van der Waals surface area contributed by atoms with E-state index in [9.17, 15) is 4.79 Å². The highest BCUT2D eigenvalue weighted by Crippen LogP contribution is 2.29. The van der Waals surface area contributed by atoms with Crippen LogP contribution in [0.4, 0.5) is 0 Å². The molecule has 1 aliphatic carbocycles. The number of amides is 1. The molecule has 0 heterocycles. The van der Waals surface area contributed by atoms with E-state index >= 15 is 0 Å². The fourth-order valence-electron chi connectivity index (χ4n) is 2.45. The lowest BCUT2D eigenvalue weighted by molar-refractivity contribution is -0.120. The van der Waals surface area contributed by atoms with Crippen LogP contribution in [0.3, 0.4) is 0 Å². The molecule has 0 saturated carbocycles. The van der Waals surface area contributed by atoms with E-state index in [0.29, 0.717) is 12.5 Å². The predicted octanol–water partition coefficient (Wildman–Crippen LogP) is 1.79. The summed E-state index contributed by atoms with van der Waals surface area (Å²) in [6.07, 6.45) is 4.14. The number of carbonyl (C=O) groups excluding carboxylic acids is 1. The number of aryl methyl sites for hydroxylation is 1. The van der Waals surface area contributed by atoms with Crippen molar-refractivity contribution >= 4 is 5.91 Å². The van der Waals surface area contributed by atoms with E-state index < -0.39 is 0 Å². The highest BCUT2D eigenvalue weighted by atomic mass is 16.1. The number of nitrogens with one attached hydrogen (secondary N) is 2. The van der Waals surface area contributed by atoms with E-state index in [-0.39, 0.29) is 5.91 Å². The molecule has 1 aliphatic rings. The number of rotatable bonds is 4. The molecule has 1 aromatic carbocycles. The van der Waals surface area contributed by atoms with Gasteiger partial charge in [-0.2, -0.15) is 0 Å². The Labute approximate surface area is 103 Å². The molecule has 0 saturated heterocycles. The van der Waals surface area contributed by atoms with Crippen molar-refractivity contribution in [1.82, 2.24) is 10.6 Å². The molecular weight excluding hydrogens is 212 g/mol. The first-order valence-corrected chi connectivity index (χ1v) is 6.33. The number of hydrogen-bond acceptors (Lipinski definition) is 2. The number of hydrogen-bond donors (Lipinski definition) is 2. The van der Waals surface area contributed by atoms with E-state index in [2.05, 4.69) is 34.9 Å². The number of fused-ring (bicyclic) bond motifs is 1. The van der Waals surface area contributed by atoms with Crippen molar-refractivity contribution in [1.29, 1.82) is 0 Å². The van der Waals surface area contributed by atoms with Crippen LogP contribution < -0.4 is 10.6 Å². The molecule has 0 aromatic heterocycles. The Morgan fingerprint density at radius 2 is 2.24 bits per heavy atom. The average Bonchev–Trinajstić information content (AvgIpc) is 2.39. The van der Waals surface area contributed by atoms with Crippen molar-refractivity contribution in [3.63, 3.8) is 0 Å². The van der Waals surface area contributed by atoms with Crippen LogP contribution in [0.15, 0.2) is 24.3 Å². The molecule has 17 heavy (non-hydrogen) atoms. The van der Waals surface area contributed by atoms with Crippen LogP contribution in [0, 0.1) is 0 Å². The normalized spacial score (nSPS) is 18.5. The van der Waals surface area contributed by atoms with Crippen molar-refractivity contribution in [2.24, 2.45) is 0 Å². The second-order valence-electron chi connectivity index (χ2n) is 4.52. The smallest absolute Gasteiger partial charge is 0.221 e. The Morgan fingerprint density at radius 1 is 1.41 bits per heavy atom. The minimum Gasteiger partial charge on any atom is -0.359 e. The van der Waals surface area contributed by atoms with Gasteiger partial charge in [0.15, 0.2) is 0 Å². The Bertz CT molecular complexity index is 390. The van der Waals surface area contributed by atoms with Crippen molar-refractivity contribution < 1.29 is 4.79 Å². The molecule has 1 atom stereocenters. The topological polar surface area (TPSA) is 41.1 Å². The summed E-state index contributed by atoms with van der Waals surface area (Å²) < 4.78 is 0. The standard InChI is InChI=1S/C14H20N2O/c1-15-14(17)9-10-16-13-8-4-6-11-5-2-3-7-12(11)13/h2-3,5,7,13,16H,4,6,8-10H2,1H3,(H,15,17). The lowest BCUT2D eigenvalue weighted by atomic mass is 9.88. The maximum Gasteiger partial charge on any atom is 0.221 e. The minimum absolute atomic E-state index is 0.0987. The minimum atomic E-state index is 0.0987. The van der Waals surface area contributed by atoms with E-state index in [0.717, 1.165) is 6.54 Å². The predicted molar refractivity (Wildman–Crippen MR) is 68.8 cm³/mol. The maximum absolute atomic E-state index is 11.1. The summed E-state index contributed by atoms with van der Waals surface area (Å²) in [5.74, 6) is 0.0987. The summed E-state index contributed by atoms with van der Waals surface area (Å²) >= 11 is 0. The van der Waals surface area contributed by atoms with Gasteiger partial charge in [-0.15, -0.1) is 0 Å². The third kappa shape index (κ3) is 3.07. The molecule has 3 nitrogen and oxygen atoms in total. The van der Waals surface area contributed by atoms with Crippen LogP contribution in [0.1, 0.15) is 36.4 Å². The SMILES string of the molecule is CNC(=O)CCNC1CCCc2ccccc21. The van der Waals surface area contributed by atoms with E-state index in [1.165, 1.54) is 30.4 Å². The third-order valence-electron chi connectivity index (χ3n) is 3.39. The van der Waals surface area contributed by atoms with Gasteiger partial charge < -0.3 is 10.6 Å². The summed E-state index contributed by atoms with van der Waals surface area (Å²) in [5.41, 5.74) is 2.87. The van der Waals surface area contributed by atoms with Gasteiger partial charge in [-0.3, -0.25) is 4.79 Å². The van der Waals surface area contributed by atoms with Crippen molar-refractivity contribution in [2.45, 2.75) is 31.7 Å². The van der Waals surface area contributed by atoms with Gasteiger partial charge in [-0.05, 0) is 30.4 Å². The summed E-state index contributed by atoms with van der Waals surface area (Å²) in [4.78, 5) is 11.1. The molecule has 1 amide bonds. The molecule has 92 valence electrons. The van der Waals surface area contributed by atoms with Crippen LogP contribution in [0.25, 0.3) is 0 Å². The fraction of sp³-hybridized carbons (Fsp3) is 0.500. The zero-order valence-corrected chi connectivity index (χ0v) is 10.3. The monoisotopic (exact) mass is 232 g/mol. The van der Waals surface area contributed by atoms with Crippen LogP contribution in [0.2, 0.25) is 0 Å². The third-order valence-corrected chi connectivity index (χ3v) is 3.39. The zero-order valence-electron chi connectivity index (χ0n) is 10.3. The molecule has 2 rings (SSSR count). The average molecular weight is 232 g/mol. The van der Waals surface area contributed by atoms with Crippen LogP contribution in [-0.4, -0.2) is 19.5 Å². The van der Waals surface area contributed by atoms with Gasteiger partial charge in [-0.1, -0.05) is 24.3 Å². The Hall–Kier alpha value is -1.35. The number of benzene rings is 1. The van der Waals surface area contributed by atoms with Gasteiger partial charge >= 0.3 is 0 Å². The molecule has 0 fully saturated rings. The first-order valence-electron chi connectivity index (χ1n) is 6.33. The molecule has 1 aromatic rings. The fourth-order valence-corrected chi connectivity index (χ4v) is 2.45. The van der Waals surface area contributed by atoms with Gasteiger partial charge in [0.25, 0.3) is 0 Å². The van der Waals surface area contributed by atoms with Gasteiger partial charge in [0, 0.05) is 26.1 Å². The molecule has 3 heteroatoms. The summed E-state index contributed by atoms with van der Waals surface area (Å²) in [6.45, 7) is 0.749. The molecular formula is C14H20N2O. The lowest BCUT2D eigenvalue weighted by Gasteiger charge is -2.26. The van der Waals surface area contributed by atoms with E-state index in [1.54, 1.807) is 7.05 Å². The lowest BCUT2D eigenvalue weighted by Crippen LogP contribution is -2.29. The molecule has 0 bridgehead atoms. The van der Waals surface area contributed by atoms with Gasteiger partial charge in [0.05, 0.1) is 0 Å². The molecule has 1 unspecified atom stereocenters. The van der Waals surface area contributed by atoms with Crippen molar-refractivity contribution in [3.8, 4) is 0 Å². The summed E-state index contributed by atoms with van der Waals surface area (Å²) in [7, 11) is 1.68. The molecule has 2 N–H and O–H groups in total. The number of carbonyl (C=O) groups is 1. The van der Waals surface area contributed by atoms with Crippen molar-refractivity contribution in [3.05, 3.63) is 35.4 Å². The largest absolute Gasteiger partial charge is 0.359 e. The summed E-state index contributed by atoms with van der Waals surface area (Å²) in [6, 6.07) is 9.03. The van der Waals surface area contributed by atoms with E-state index in [4.69, 9.17) is 0 Å². The highest BCUT2D eigenvalue weighted by molar-refractivity contribution is 5.75. The van der Waals surface area contributed by atoms with Crippen molar-refractivity contribution in [2.75, 3.05) is 13.6 Å². The van der Waals surface area contributed by atoms with Gasteiger partial charge in [0.2, 0.25) is 5.91 Å². The van der Waals surface area contributed by atoms with Gasteiger partial charge in [-0.25, -0.2) is 0 Å². The highest BCUT2D eigenvalue weighted by Gasteiger charge is 2.18.